The molecule has 0 atom stereocenters. The molecule has 0 radical (unpaired) electrons. The second kappa shape index (κ2) is 10.9. The standard InChI is InChI=1S/C28H24O6/c29-26-13-7-12-25(27(26)30)28(31)34-19-22-14-23(32-17-20-8-3-1-4-9-20)16-24(15-22)33-18-21-10-5-2-6-11-21/h1-16,29-30H,17-19H2. The molecule has 0 saturated carbocycles. The van der Waals surface area contributed by atoms with E-state index in [0.29, 0.717) is 30.3 Å². The summed E-state index contributed by atoms with van der Waals surface area (Å²) in [5.41, 5.74) is 2.58. The maximum atomic E-state index is 12.4. The topological polar surface area (TPSA) is 85.2 Å². The zero-order valence-electron chi connectivity index (χ0n) is 18.4. The van der Waals surface area contributed by atoms with Crippen LogP contribution in [-0.4, -0.2) is 16.2 Å². The summed E-state index contributed by atoms with van der Waals surface area (Å²) in [6.07, 6.45) is 0. The van der Waals surface area contributed by atoms with Crippen LogP contribution in [0.5, 0.6) is 23.0 Å². The SMILES string of the molecule is O=C(OCc1cc(OCc2ccccc2)cc(OCc2ccccc2)c1)c1cccc(O)c1O. The third-order valence-corrected chi connectivity index (χ3v) is 5.04. The number of benzene rings is 4. The molecule has 0 aliphatic heterocycles. The zero-order valence-corrected chi connectivity index (χ0v) is 18.4. The third kappa shape index (κ3) is 6.07. The van der Waals surface area contributed by atoms with Crippen LogP contribution < -0.4 is 9.47 Å². The molecule has 0 heterocycles. The minimum atomic E-state index is -0.754. The maximum absolute atomic E-state index is 12.4. The van der Waals surface area contributed by atoms with Gasteiger partial charge in [0.2, 0.25) is 0 Å². The van der Waals surface area contributed by atoms with Crippen molar-refractivity contribution >= 4 is 5.97 Å². The summed E-state index contributed by atoms with van der Waals surface area (Å²) < 4.78 is 17.3. The maximum Gasteiger partial charge on any atom is 0.342 e. The van der Waals surface area contributed by atoms with Crippen LogP contribution in [0, 0.1) is 0 Å². The highest BCUT2D eigenvalue weighted by molar-refractivity contribution is 5.93. The Bertz CT molecular complexity index is 1180. The summed E-state index contributed by atoms with van der Waals surface area (Å²) in [5, 5.41) is 19.5. The van der Waals surface area contributed by atoms with E-state index in [4.69, 9.17) is 14.2 Å². The van der Waals surface area contributed by atoms with Gasteiger partial charge in [-0.15, -0.1) is 0 Å². The van der Waals surface area contributed by atoms with E-state index in [2.05, 4.69) is 0 Å². The molecule has 6 nitrogen and oxygen atoms in total. The molecular formula is C28H24O6. The predicted octanol–water partition coefficient (Wildman–Crippen LogP) is 5.61. The summed E-state index contributed by atoms with van der Waals surface area (Å²) in [7, 11) is 0. The first-order valence-electron chi connectivity index (χ1n) is 10.7. The number of hydrogen-bond donors (Lipinski definition) is 2. The van der Waals surface area contributed by atoms with E-state index in [9.17, 15) is 15.0 Å². The number of rotatable bonds is 9. The molecule has 6 heteroatoms. The van der Waals surface area contributed by atoms with Gasteiger partial charge in [-0.05, 0) is 41.0 Å². The number of ether oxygens (including phenoxy) is 3. The van der Waals surface area contributed by atoms with Crippen molar-refractivity contribution in [2.45, 2.75) is 19.8 Å². The first-order valence-corrected chi connectivity index (χ1v) is 10.7. The molecule has 0 saturated heterocycles. The molecule has 0 aromatic heterocycles. The monoisotopic (exact) mass is 456 g/mol. The van der Waals surface area contributed by atoms with E-state index >= 15 is 0 Å². The molecule has 4 aromatic rings. The summed E-state index contributed by atoms with van der Waals surface area (Å²) >= 11 is 0. The van der Waals surface area contributed by atoms with Crippen LogP contribution in [0.15, 0.2) is 97.1 Å². The van der Waals surface area contributed by atoms with Crippen molar-refractivity contribution < 1.29 is 29.2 Å². The smallest absolute Gasteiger partial charge is 0.342 e. The van der Waals surface area contributed by atoms with Crippen LogP contribution in [0.4, 0.5) is 0 Å². The van der Waals surface area contributed by atoms with Crippen molar-refractivity contribution in [3.8, 4) is 23.0 Å². The Morgan fingerprint density at radius 1 is 0.618 bits per heavy atom. The molecule has 0 spiro atoms. The van der Waals surface area contributed by atoms with Crippen LogP contribution in [0.2, 0.25) is 0 Å². The number of phenols is 2. The Labute approximate surface area is 197 Å². The second-order valence-corrected chi connectivity index (χ2v) is 7.61. The lowest BCUT2D eigenvalue weighted by Crippen LogP contribution is -2.06. The van der Waals surface area contributed by atoms with E-state index in [1.54, 1.807) is 18.2 Å². The lowest BCUT2D eigenvalue weighted by Gasteiger charge is -2.13. The van der Waals surface area contributed by atoms with E-state index in [0.717, 1.165) is 11.1 Å². The van der Waals surface area contributed by atoms with Crippen molar-refractivity contribution in [2.24, 2.45) is 0 Å². The van der Waals surface area contributed by atoms with Gasteiger partial charge in [-0.3, -0.25) is 0 Å². The average Bonchev–Trinajstić information content (AvgIpc) is 2.87. The van der Waals surface area contributed by atoms with Crippen molar-refractivity contribution in [3.05, 3.63) is 119 Å². The van der Waals surface area contributed by atoms with Crippen LogP contribution in [0.25, 0.3) is 0 Å². The van der Waals surface area contributed by atoms with Crippen molar-refractivity contribution in [1.82, 2.24) is 0 Å². The molecule has 4 rings (SSSR count). The van der Waals surface area contributed by atoms with Crippen LogP contribution in [-0.2, 0) is 24.6 Å². The average molecular weight is 456 g/mol. The quantitative estimate of drug-likeness (QED) is 0.251. The fourth-order valence-corrected chi connectivity index (χ4v) is 3.29. The molecule has 34 heavy (non-hydrogen) atoms. The minimum absolute atomic E-state index is 0.0713. The highest BCUT2D eigenvalue weighted by Gasteiger charge is 2.16. The molecule has 0 unspecified atom stereocenters. The fraction of sp³-hybridized carbons (Fsp3) is 0.107. The lowest BCUT2D eigenvalue weighted by molar-refractivity contribution is 0.0468. The number of carbonyl (C=O) groups is 1. The van der Waals surface area contributed by atoms with Gasteiger partial charge in [-0.1, -0.05) is 66.7 Å². The molecule has 0 aliphatic rings. The first-order chi connectivity index (χ1) is 16.6. The molecule has 0 bridgehead atoms. The Balaban J connectivity index is 1.49. The first kappa shape index (κ1) is 22.7. The largest absolute Gasteiger partial charge is 0.504 e. The summed E-state index contributed by atoms with van der Waals surface area (Å²) in [6.45, 7) is 0.677. The number of esters is 1. The lowest BCUT2D eigenvalue weighted by atomic mass is 10.2. The van der Waals surface area contributed by atoms with Gasteiger partial charge in [0, 0.05) is 6.07 Å². The molecular weight excluding hydrogens is 432 g/mol. The zero-order chi connectivity index (χ0) is 23.8. The Morgan fingerprint density at radius 2 is 1.18 bits per heavy atom. The van der Waals surface area contributed by atoms with Gasteiger partial charge in [-0.2, -0.15) is 0 Å². The number of phenolic OH excluding ortho intramolecular Hbond substituents is 2. The third-order valence-electron chi connectivity index (χ3n) is 5.04. The number of hydrogen-bond acceptors (Lipinski definition) is 6. The van der Waals surface area contributed by atoms with Crippen LogP contribution >= 0.6 is 0 Å². The number of carbonyl (C=O) groups excluding carboxylic acids is 1. The highest BCUT2D eigenvalue weighted by Crippen LogP contribution is 2.30. The summed E-state index contributed by atoms with van der Waals surface area (Å²) in [5.74, 6) is -0.515. The Kier molecular flexibility index (Phi) is 7.30. The molecule has 2 N–H and O–H groups in total. The molecule has 0 amide bonds. The highest BCUT2D eigenvalue weighted by atomic mass is 16.5. The molecule has 4 aromatic carbocycles. The van der Waals surface area contributed by atoms with Crippen LogP contribution in [0.3, 0.4) is 0 Å². The summed E-state index contributed by atoms with van der Waals surface area (Å²) in [4.78, 5) is 12.4. The number of aromatic hydroxyl groups is 2. The Hall–Kier alpha value is -4.45. The molecule has 172 valence electrons. The van der Waals surface area contributed by atoms with Crippen LogP contribution in [0.1, 0.15) is 27.0 Å². The van der Waals surface area contributed by atoms with Gasteiger partial charge in [0.05, 0.1) is 0 Å². The molecule has 0 fully saturated rings. The fourth-order valence-electron chi connectivity index (χ4n) is 3.29. The van der Waals surface area contributed by atoms with Gasteiger partial charge in [0.25, 0.3) is 0 Å². The van der Waals surface area contributed by atoms with Gasteiger partial charge in [0.15, 0.2) is 11.5 Å². The van der Waals surface area contributed by atoms with E-state index in [-0.39, 0.29) is 17.9 Å². The van der Waals surface area contributed by atoms with Crippen molar-refractivity contribution in [2.75, 3.05) is 0 Å². The van der Waals surface area contributed by atoms with E-state index < -0.39 is 11.7 Å². The van der Waals surface area contributed by atoms with Gasteiger partial charge >= 0.3 is 5.97 Å². The van der Waals surface area contributed by atoms with Gasteiger partial charge < -0.3 is 24.4 Å². The summed E-state index contributed by atoms with van der Waals surface area (Å²) in [6, 6.07) is 29.0. The second-order valence-electron chi connectivity index (χ2n) is 7.61. The Morgan fingerprint density at radius 3 is 1.74 bits per heavy atom. The van der Waals surface area contributed by atoms with E-state index in [1.807, 2.05) is 60.7 Å². The van der Waals surface area contributed by atoms with Gasteiger partial charge in [-0.25, -0.2) is 4.79 Å². The normalized spacial score (nSPS) is 10.5. The van der Waals surface area contributed by atoms with Gasteiger partial charge in [0.1, 0.15) is 36.9 Å². The van der Waals surface area contributed by atoms with Crippen molar-refractivity contribution in [1.29, 1.82) is 0 Å². The molecule has 0 aliphatic carbocycles. The number of para-hydroxylation sites is 1. The van der Waals surface area contributed by atoms with E-state index in [1.165, 1.54) is 18.2 Å². The van der Waals surface area contributed by atoms with Crippen molar-refractivity contribution in [3.63, 3.8) is 0 Å². The predicted molar refractivity (Wildman–Crippen MR) is 127 cm³/mol. The minimum Gasteiger partial charge on any atom is -0.504 e.